The van der Waals surface area contributed by atoms with Crippen LogP contribution in [0.1, 0.15) is 120 Å². The maximum atomic E-state index is 8.97. The topological polar surface area (TPSA) is 23.8 Å². The van der Waals surface area contributed by atoms with Gasteiger partial charge in [-0.15, -0.1) is 0 Å². The summed E-state index contributed by atoms with van der Waals surface area (Å²) in [6.45, 7) is 2.30. The first-order valence-electron chi connectivity index (χ1n) is 13.4. The molecule has 0 aliphatic heterocycles. The van der Waals surface area contributed by atoms with Crippen LogP contribution in [0.15, 0.2) is 48.5 Å². The molecule has 0 amide bonds. The van der Waals surface area contributed by atoms with Gasteiger partial charge in [0.1, 0.15) is 0 Å². The highest BCUT2D eigenvalue weighted by atomic mass is 14.3. The van der Waals surface area contributed by atoms with Crippen molar-refractivity contribution in [3.05, 3.63) is 59.7 Å². The minimum Gasteiger partial charge on any atom is -0.192 e. The van der Waals surface area contributed by atoms with Gasteiger partial charge in [0.25, 0.3) is 0 Å². The Morgan fingerprint density at radius 1 is 0.656 bits per heavy atom. The van der Waals surface area contributed by atoms with E-state index in [9.17, 15) is 0 Å². The number of unbranched alkanes of at least 4 members (excludes halogenated alkanes) is 9. The second kappa shape index (κ2) is 14.2. The van der Waals surface area contributed by atoms with Crippen LogP contribution in [0.2, 0.25) is 0 Å². The molecule has 1 aliphatic carbocycles. The van der Waals surface area contributed by atoms with E-state index in [2.05, 4.69) is 37.3 Å². The minimum absolute atomic E-state index is 0.722. The summed E-state index contributed by atoms with van der Waals surface area (Å²) in [6, 6.07) is 19.3. The molecule has 1 heteroatoms. The summed E-state index contributed by atoms with van der Waals surface area (Å²) in [6.07, 6.45) is 21.4. The number of hydrogen-bond donors (Lipinski definition) is 0. The molecule has 2 aromatic carbocycles. The van der Waals surface area contributed by atoms with Crippen molar-refractivity contribution in [1.82, 2.24) is 0 Å². The number of benzene rings is 2. The van der Waals surface area contributed by atoms with Crippen LogP contribution in [0, 0.1) is 17.2 Å². The van der Waals surface area contributed by atoms with Crippen LogP contribution in [0.4, 0.5) is 0 Å². The molecule has 0 bridgehead atoms. The number of nitrogens with zero attached hydrogens (tertiary/aromatic N) is 1. The highest BCUT2D eigenvalue weighted by Gasteiger charge is 2.22. The Morgan fingerprint density at radius 3 is 1.69 bits per heavy atom. The molecule has 1 nitrogen and oxygen atoms in total. The largest absolute Gasteiger partial charge is 0.192 e. The van der Waals surface area contributed by atoms with Gasteiger partial charge in [-0.1, -0.05) is 114 Å². The monoisotopic (exact) mass is 429 g/mol. The smallest absolute Gasteiger partial charge is 0.0991 e. The molecule has 1 saturated carbocycles. The molecule has 172 valence electrons. The van der Waals surface area contributed by atoms with Crippen LogP contribution >= 0.6 is 0 Å². The Morgan fingerprint density at radius 2 is 1.16 bits per heavy atom. The van der Waals surface area contributed by atoms with Crippen LogP contribution in [0.25, 0.3) is 11.1 Å². The van der Waals surface area contributed by atoms with E-state index in [1.165, 1.54) is 113 Å². The standard InChI is InChI=1S/C31H43N/c1-2-3-4-5-6-7-8-9-10-11-12-26-13-17-28(18-14-26)30-21-23-31(24-22-30)29-19-15-27(25-32)16-20-29/h15-16,19-24,26,28H,2-14,17-18H2,1H3/t26-,28-. The van der Waals surface area contributed by atoms with Crippen molar-refractivity contribution in [2.45, 2.75) is 109 Å². The van der Waals surface area contributed by atoms with E-state index in [1.54, 1.807) is 0 Å². The summed E-state index contributed by atoms with van der Waals surface area (Å²) >= 11 is 0. The van der Waals surface area contributed by atoms with Gasteiger partial charge in [-0.2, -0.15) is 5.26 Å². The highest BCUT2D eigenvalue weighted by Crippen LogP contribution is 2.38. The summed E-state index contributed by atoms with van der Waals surface area (Å²) in [5.41, 5.74) is 4.67. The predicted octanol–water partition coefficient (Wildman–Crippen LogP) is 9.81. The first-order chi connectivity index (χ1) is 15.8. The minimum atomic E-state index is 0.722. The lowest BCUT2D eigenvalue weighted by atomic mass is 9.77. The fraction of sp³-hybridized carbons (Fsp3) is 0.581. The van der Waals surface area contributed by atoms with E-state index in [1.807, 2.05) is 24.3 Å². The molecule has 2 aromatic rings. The molecule has 0 aromatic heterocycles. The highest BCUT2D eigenvalue weighted by molar-refractivity contribution is 5.64. The summed E-state index contributed by atoms with van der Waals surface area (Å²) < 4.78 is 0. The van der Waals surface area contributed by atoms with Crippen LogP contribution in [0.5, 0.6) is 0 Å². The Hall–Kier alpha value is -2.07. The zero-order valence-electron chi connectivity index (χ0n) is 20.3. The van der Waals surface area contributed by atoms with Crippen LogP contribution in [-0.4, -0.2) is 0 Å². The van der Waals surface area contributed by atoms with Crippen LogP contribution < -0.4 is 0 Å². The molecule has 32 heavy (non-hydrogen) atoms. The van der Waals surface area contributed by atoms with E-state index in [-0.39, 0.29) is 0 Å². The van der Waals surface area contributed by atoms with Gasteiger partial charge in [-0.25, -0.2) is 0 Å². The van der Waals surface area contributed by atoms with Gasteiger partial charge in [-0.3, -0.25) is 0 Å². The molecule has 1 fully saturated rings. The van der Waals surface area contributed by atoms with Gasteiger partial charge >= 0.3 is 0 Å². The van der Waals surface area contributed by atoms with Gasteiger partial charge in [0.2, 0.25) is 0 Å². The van der Waals surface area contributed by atoms with Crippen molar-refractivity contribution < 1.29 is 0 Å². The molecular formula is C31H43N. The Bertz CT molecular complexity index is 788. The van der Waals surface area contributed by atoms with E-state index in [4.69, 9.17) is 5.26 Å². The fourth-order valence-electron chi connectivity index (χ4n) is 5.39. The van der Waals surface area contributed by atoms with Gasteiger partial charge in [0.05, 0.1) is 11.6 Å². The predicted molar refractivity (Wildman–Crippen MR) is 138 cm³/mol. The van der Waals surface area contributed by atoms with Gasteiger partial charge < -0.3 is 0 Å². The Labute approximate surface area is 197 Å². The van der Waals surface area contributed by atoms with Crippen molar-refractivity contribution >= 4 is 0 Å². The van der Waals surface area contributed by atoms with E-state index in [0.29, 0.717) is 0 Å². The third-order valence-electron chi connectivity index (χ3n) is 7.54. The van der Waals surface area contributed by atoms with Gasteiger partial charge in [0.15, 0.2) is 0 Å². The number of rotatable bonds is 13. The maximum absolute atomic E-state index is 8.97. The second-order valence-electron chi connectivity index (χ2n) is 10.00. The van der Waals surface area contributed by atoms with Crippen molar-refractivity contribution in [2.24, 2.45) is 5.92 Å². The quantitative estimate of drug-likeness (QED) is 0.291. The van der Waals surface area contributed by atoms with Crippen molar-refractivity contribution in [3.8, 4) is 17.2 Å². The van der Waals surface area contributed by atoms with Gasteiger partial charge in [0, 0.05) is 0 Å². The lowest BCUT2D eigenvalue weighted by Crippen LogP contribution is -2.13. The van der Waals surface area contributed by atoms with Crippen molar-refractivity contribution in [1.29, 1.82) is 5.26 Å². The molecular weight excluding hydrogens is 386 g/mol. The summed E-state index contributed by atoms with van der Waals surface area (Å²) in [7, 11) is 0. The summed E-state index contributed by atoms with van der Waals surface area (Å²) in [5, 5.41) is 8.97. The number of nitriles is 1. The van der Waals surface area contributed by atoms with Gasteiger partial charge in [-0.05, 0) is 66.3 Å². The first kappa shape index (κ1) is 24.6. The SMILES string of the molecule is CCCCCCCCCCCC[C@H]1CC[C@H](c2ccc(-c3ccc(C#N)cc3)cc2)CC1. The van der Waals surface area contributed by atoms with Crippen molar-refractivity contribution in [2.75, 3.05) is 0 Å². The molecule has 0 heterocycles. The zero-order chi connectivity index (χ0) is 22.4. The molecule has 0 saturated heterocycles. The molecule has 0 atom stereocenters. The van der Waals surface area contributed by atoms with E-state index in [0.717, 1.165) is 17.4 Å². The average Bonchev–Trinajstić information content (AvgIpc) is 2.86. The van der Waals surface area contributed by atoms with Crippen molar-refractivity contribution in [3.63, 3.8) is 0 Å². The van der Waals surface area contributed by atoms with Crippen LogP contribution in [-0.2, 0) is 0 Å². The second-order valence-corrected chi connectivity index (χ2v) is 10.00. The fourth-order valence-corrected chi connectivity index (χ4v) is 5.39. The van der Waals surface area contributed by atoms with Crippen LogP contribution in [0.3, 0.4) is 0 Å². The zero-order valence-corrected chi connectivity index (χ0v) is 20.3. The molecule has 3 rings (SSSR count). The molecule has 0 unspecified atom stereocenters. The third-order valence-corrected chi connectivity index (χ3v) is 7.54. The molecule has 0 radical (unpaired) electrons. The average molecular weight is 430 g/mol. The first-order valence-corrected chi connectivity index (χ1v) is 13.4. The number of hydrogen-bond acceptors (Lipinski definition) is 1. The van der Waals surface area contributed by atoms with E-state index < -0.39 is 0 Å². The summed E-state index contributed by atoms with van der Waals surface area (Å²) in [5.74, 6) is 1.71. The molecule has 1 aliphatic rings. The Balaban J connectivity index is 1.29. The summed E-state index contributed by atoms with van der Waals surface area (Å²) in [4.78, 5) is 0. The molecule has 0 spiro atoms. The molecule has 0 N–H and O–H groups in total. The normalized spacial score (nSPS) is 18.4. The maximum Gasteiger partial charge on any atom is 0.0991 e. The Kier molecular flexibility index (Phi) is 10.9. The lowest BCUT2D eigenvalue weighted by Gasteiger charge is -2.29. The lowest BCUT2D eigenvalue weighted by molar-refractivity contribution is 0.302. The van der Waals surface area contributed by atoms with E-state index >= 15 is 0 Å². The third kappa shape index (κ3) is 8.12.